The van der Waals surface area contributed by atoms with E-state index in [0.717, 1.165) is 6.07 Å². The van der Waals surface area contributed by atoms with Gasteiger partial charge >= 0.3 is 0 Å². The van der Waals surface area contributed by atoms with E-state index < -0.39 is 21.9 Å². The van der Waals surface area contributed by atoms with Gasteiger partial charge in [0.05, 0.1) is 6.61 Å². The number of halogens is 1. The summed E-state index contributed by atoms with van der Waals surface area (Å²) in [4.78, 5) is -0.380. The van der Waals surface area contributed by atoms with E-state index in [2.05, 4.69) is 4.72 Å². The molecule has 0 saturated heterocycles. The molecule has 1 aromatic rings. The molecule has 0 aliphatic heterocycles. The Kier molecular flexibility index (Phi) is 5.58. The lowest BCUT2D eigenvalue weighted by Gasteiger charge is -2.21. The summed E-state index contributed by atoms with van der Waals surface area (Å²) in [6.45, 7) is 1.48. The van der Waals surface area contributed by atoms with Crippen LogP contribution in [0.5, 0.6) is 0 Å². The van der Waals surface area contributed by atoms with Gasteiger partial charge in [0.15, 0.2) is 0 Å². The van der Waals surface area contributed by atoms with E-state index in [9.17, 15) is 12.8 Å². The molecule has 2 N–H and O–H groups in total. The monoisotopic (exact) mass is 293 g/mol. The van der Waals surface area contributed by atoms with Crippen molar-refractivity contribution in [3.63, 3.8) is 0 Å². The number of hydrogen-bond acceptors (Lipinski definition) is 4. The molecule has 102 valence electrons. The summed E-state index contributed by atoms with van der Waals surface area (Å²) < 4.78 is 39.7. The van der Waals surface area contributed by atoms with Crippen LogP contribution in [0.3, 0.4) is 0 Å². The Hall–Kier alpha value is -0.630. The van der Waals surface area contributed by atoms with Crippen LogP contribution in [-0.2, 0) is 10.0 Å². The standard InChI is InChI=1S/C11H16FNO3S2/c1-8(10(7-14)17-2)13-18(15,16)11-6-4-3-5-9(11)12/h3-6,8,10,13-14H,7H2,1-2H3. The fourth-order valence-electron chi connectivity index (χ4n) is 1.48. The van der Waals surface area contributed by atoms with Crippen molar-refractivity contribution in [2.45, 2.75) is 23.1 Å². The molecule has 2 atom stereocenters. The number of hydrogen-bond donors (Lipinski definition) is 2. The molecule has 0 bridgehead atoms. The highest BCUT2D eigenvalue weighted by molar-refractivity contribution is 7.99. The first-order valence-corrected chi connectivity index (χ1v) is 8.10. The molecule has 0 aliphatic carbocycles. The Morgan fingerprint density at radius 1 is 1.44 bits per heavy atom. The fraction of sp³-hybridized carbons (Fsp3) is 0.455. The van der Waals surface area contributed by atoms with Crippen molar-refractivity contribution in [3.8, 4) is 0 Å². The maximum absolute atomic E-state index is 13.4. The van der Waals surface area contributed by atoms with Crippen molar-refractivity contribution < 1.29 is 17.9 Å². The van der Waals surface area contributed by atoms with Crippen molar-refractivity contribution in [2.24, 2.45) is 0 Å². The van der Waals surface area contributed by atoms with Gasteiger partial charge in [0.1, 0.15) is 10.7 Å². The van der Waals surface area contributed by atoms with Gasteiger partial charge in [-0.2, -0.15) is 11.8 Å². The van der Waals surface area contributed by atoms with E-state index in [-0.39, 0.29) is 16.8 Å². The zero-order valence-electron chi connectivity index (χ0n) is 10.1. The van der Waals surface area contributed by atoms with Crippen molar-refractivity contribution in [2.75, 3.05) is 12.9 Å². The van der Waals surface area contributed by atoms with Crippen LogP contribution in [0, 0.1) is 5.82 Å². The highest BCUT2D eigenvalue weighted by atomic mass is 32.2. The maximum Gasteiger partial charge on any atom is 0.243 e. The molecule has 1 rings (SSSR count). The van der Waals surface area contributed by atoms with E-state index in [1.165, 1.54) is 30.0 Å². The van der Waals surface area contributed by atoms with Gasteiger partial charge in [0.25, 0.3) is 0 Å². The molecule has 7 heteroatoms. The summed E-state index contributed by atoms with van der Waals surface area (Å²) in [5.74, 6) is -0.790. The predicted molar refractivity (Wildman–Crippen MR) is 70.6 cm³/mol. The van der Waals surface area contributed by atoms with Gasteiger partial charge in [-0.1, -0.05) is 12.1 Å². The summed E-state index contributed by atoms with van der Waals surface area (Å²) in [7, 11) is -3.90. The molecule has 1 aromatic carbocycles. The third kappa shape index (κ3) is 3.68. The molecule has 0 spiro atoms. The van der Waals surface area contributed by atoms with Crippen LogP contribution in [0.4, 0.5) is 4.39 Å². The molecule has 0 saturated carbocycles. The Bertz CT molecular complexity index is 489. The van der Waals surface area contributed by atoms with Crippen LogP contribution in [0.2, 0.25) is 0 Å². The summed E-state index contributed by atoms with van der Waals surface area (Å²) in [6.07, 6.45) is 1.77. The van der Waals surface area contributed by atoms with E-state index in [4.69, 9.17) is 5.11 Å². The zero-order valence-corrected chi connectivity index (χ0v) is 11.8. The number of aliphatic hydroxyl groups is 1. The Morgan fingerprint density at radius 2 is 2.06 bits per heavy atom. The second-order valence-electron chi connectivity index (χ2n) is 3.80. The number of benzene rings is 1. The minimum Gasteiger partial charge on any atom is -0.395 e. The highest BCUT2D eigenvalue weighted by Crippen LogP contribution is 2.16. The van der Waals surface area contributed by atoms with Gasteiger partial charge in [0, 0.05) is 11.3 Å². The van der Waals surface area contributed by atoms with E-state index in [0.29, 0.717) is 0 Å². The van der Waals surface area contributed by atoms with Crippen molar-refractivity contribution in [1.82, 2.24) is 4.72 Å². The molecule has 0 heterocycles. The molecule has 0 aliphatic rings. The van der Waals surface area contributed by atoms with E-state index >= 15 is 0 Å². The fourth-order valence-corrected chi connectivity index (χ4v) is 3.56. The highest BCUT2D eigenvalue weighted by Gasteiger charge is 2.24. The SMILES string of the molecule is CSC(CO)C(C)NS(=O)(=O)c1ccccc1F. The molecule has 0 aromatic heterocycles. The third-order valence-electron chi connectivity index (χ3n) is 2.51. The molecule has 4 nitrogen and oxygen atoms in total. The second kappa shape index (κ2) is 6.51. The smallest absolute Gasteiger partial charge is 0.243 e. The lowest BCUT2D eigenvalue weighted by molar-refractivity contribution is 0.282. The van der Waals surface area contributed by atoms with Crippen LogP contribution in [0.15, 0.2) is 29.2 Å². The molecule has 18 heavy (non-hydrogen) atoms. The first kappa shape index (κ1) is 15.4. The van der Waals surface area contributed by atoms with Crippen LogP contribution < -0.4 is 4.72 Å². The minimum atomic E-state index is -3.90. The number of rotatable bonds is 6. The predicted octanol–water partition coefficient (Wildman–Crippen LogP) is 1.22. The quantitative estimate of drug-likeness (QED) is 0.827. The van der Waals surface area contributed by atoms with E-state index in [1.54, 1.807) is 13.2 Å². The Morgan fingerprint density at radius 3 is 2.56 bits per heavy atom. The number of aliphatic hydroxyl groups excluding tert-OH is 1. The molecule has 0 amide bonds. The summed E-state index contributed by atoms with van der Waals surface area (Å²) in [5.41, 5.74) is 0. The first-order chi connectivity index (χ1) is 8.42. The average Bonchev–Trinajstić information content (AvgIpc) is 2.30. The third-order valence-corrected chi connectivity index (χ3v) is 5.26. The zero-order chi connectivity index (χ0) is 13.8. The molecular formula is C11H16FNO3S2. The average molecular weight is 293 g/mol. The lowest BCUT2D eigenvalue weighted by Crippen LogP contribution is -2.41. The van der Waals surface area contributed by atoms with Gasteiger partial charge in [-0.15, -0.1) is 0 Å². The normalized spacial score (nSPS) is 15.3. The second-order valence-corrected chi connectivity index (χ2v) is 6.56. The van der Waals surface area contributed by atoms with E-state index in [1.807, 2.05) is 0 Å². The van der Waals surface area contributed by atoms with Crippen LogP contribution >= 0.6 is 11.8 Å². The molecular weight excluding hydrogens is 277 g/mol. The first-order valence-electron chi connectivity index (χ1n) is 5.33. The Balaban J connectivity index is 2.93. The summed E-state index contributed by atoms with van der Waals surface area (Å²) >= 11 is 1.35. The van der Waals surface area contributed by atoms with Crippen molar-refractivity contribution >= 4 is 21.8 Å². The summed E-state index contributed by atoms with van der Waals surface area (Å²) in [5, 5.41) is 8.82. The lowest BCUT2D eigenvalue weighted by atomic mass is 10.3. The maximum atomic E-state index is 13.4. The number of sulfonamides is 1. The largest absolute Gasteiger partial charge is 0.395 e. The summed E-state index contributed by atoms with van der Waals surface area (Å²) in [6, 6.07) is 4.69. The Labute approximate surface area is 111 Å². The number of thioether (sulfide) groups is 1. The van der Waals surface area contributed by atoms with Crippen LogP contribution in [0.1, 0.15) is 6.92 Å². The van der Waals surface area contributed by atoms with Gasteiger partial charge in [-0.3, -0.25) is 0 Å². The van der Waals surface area contributed by atoms with Crippen molar-refractivity contribution in [3.05, 3.63) is 30.1 Å². The number of nitrogens with one attached hydrogen (secondary N) is 1. The topological polar surface area (TPSA) is 66.4 Å². The van der Waals surface area contributed by atoms with Gasteiger partial charge in [-0.05, 0) is 25.3 Å². The van der Waals surface area contributed by atoms with Crippen LogP contribution in [0.25, 0.3) is 0 Å². The minimum absolute atomic E-state index is 0.151. The molecule has 0 radical (unpaired) electrons. The van der Waals surface area contributed by atoms with Gasteiger partial charge < -0.3 is 5.11 Å². The molecule has 2 unspecified atom stereocenters. The van der Waals surface area contributed by atoms with Gasteiger partial charge in [-0.25, -0.2) is 17.5 Å². The van der Waals surface area contributed by atoms with Crippen molar-refractivity contribution in [1.29, 1.82) is 0 Å². The molecule has 0 fully saturated rings. The van der Waals surface area contributed by atoms with Crippen LogP contribution in [-0.4, -0.2) is 37.7 Å². The van der Waals surface area contributed by atoms with Gasteiger partial charge in [0.2, 0.25) is 10.0 Å².